The Kier molecular flexibility index (Phi) is 4.39. The average molecular weight is 380 g/mol. The van der Waals surface area contributed by atoms with Crippen LogP contribution in [-0.4, -0.2) is 21.8 Å². The molecule has 1 aromatic heterocycles. The molecular weight excluding hydrogens is 359 g/mol. The number of Topliss-reactive ketones (excluding diaryl/α,β-unsaturated/α-hetero) is 2. The van der Waals surface area contributed by atoms with Gasteiger partial charge in [0.05, 0.1) is 29.4 Å². The van der Waals surface area contributed by atoms with E-state index in [4.69, 9.17) is 5.73 Å². The predicted octanol–water partition coefficient (Wildman–Crippen LogP) is 2.37. The molecule has 1 saturated carbocycles. The van der Waals surface area contributed by atoms with Crippen molar-refractivity contribution in [3.05, 3.63) is 53.1 Å². The number of aromatic amines is 1. The summed E-state index contributed by atoms with van der Waals surface area (Å²) in [4.78, 5) is 26.5. The minimum Gasteiger partial charge on any atom is -0.318 e. The van der Waals surface area contributed by atoms with Crippen LogP contribution in [0.4, 0.5) is 4.39 Å². The number of fused-ring (bicyclic) bond motifs is 3. The van der Waals surface area contributed by atoms with Crippen LogP contribution in [0.25, 0.3) is 0 Å². The normalized spacial score (nSPS) is 30.1. The number of hydrogen-bond donors (Lipinski definition) is 2. The number of nitriles is 1. The van der Waals surface area contributed by atoms with Crippen LogP contribution in [0.3, 0.4) is 0 Å². The molecule has 1 heterocycles. The largest absolute Gasteiger partial charge is 0.318 e. The van der Waals surface area contributed by atoms with Gasteiger partial charge in [-0.3, -0.25) is 14.7 Å². The molecule has 0 saturated heterocycles. The molecule has 28 heavy (non-hydrogen) atoms. The molecule has 1 aromatic carbocycles. The van der Waals surface area contributed by atoms with Gasteiger partial charge in [-0.05, 0) is 48.4 Å². The van der Waals surface area contributed by atoms with Crippen molar-refractivity contribution < 1.29 is 14.0 Å². The predicted molar refractivity (Wildman–Crippen MR) is 98.3 cm³/mol. The van der Waals surface area contributed by atoms with Crippen molar-refractivity contribution in [3.63, 3.8) is 0 Å². The maximum absolute atomic E-state index is 13.8. The number of aromatic nitrogens is 2. The molecular formula is C21H21FN4O2. The molecule has 2 aliphatic carbocycles. The first-order valence-corrected chi connectivity index (χ1v) is 9.41. The Labute approximate surface area is 161 Å². The zero-order valence-corrected chi connectivity index (χ0v) is 15.5. The molecule has 0 radical (unpaired) electrons. The summed E-state index contributed by atoms with van der Waals surface area (Å²) in [5.74, 6) is -2.34. The van der Waals surface area contributed by atoms with Gasteiger partial charge in [0.1, 0.15) is 11.7 Å². The maximum Gasteiger partial charge on any atom is 0.166 e. The van der Waals surface area contributed by atoms with Gasteiger partial charge in [-0.1, -0.05) is 19.1 Å². The summed E-state index contributed by atoms with van der Waals surface area (Å²) in [6, 6.07) is 6.63. The smallest absolute Gasteiger partial charge is 0.166 e. The molecule has 3 N–H and O–H groups in total. The third-order valence-corrected chi connectivity index (χ3v) is 6.55. The Balaban J connectivity index is 1.85. The molecule has 0 bridgehead atoms. The van der Waals surface area contributed by atoms with Crippen LogP contribution in [0.5, 0.6) is 0 Å². The highest BCUT2D eigenvalue weighted by Crippen LogP contribution is 2.53. The number of aryl methyl sites for hydroxylation is 1. The van der Waals surface area contributed by atoms with Gasteiger partial charge in [0, 0.05) is 5.92 Å². The minimum absolute atomic E-state index is 0.0975. The van der Waals surface area contributed by atoms with Gasteiger partial charge < -0.3 is 5.73 Å². The molecule has 2 aliphatic rings. The summed E-state index contributed by atoms with van der Waals surface area (Å²) < 4.78 is 13.3. The Bertz CT molecular complexity index is 977. The maximum atomic E-state index is 13.8. The van der Waals surface area contributed by atoms with Crippen molar-refractivity contribution in [2.45, 2.75) is 37.6 Å². The molecule has 0 aliphatic heterocycles. The van der Waals surface area contributed by atoms with Gasteiger partial charge >= 0.3 is 0 Å². The number of ketones is 2. The van der Waals surface area contributed by atoms with Crippen LogP contribution < -0.4 is 5.73 Å². The minimum atomic E-state index is -1.08. The van der Waals surface area contributed by atoms with E-state index in [-0.39, 0.29) is 23.9 Å². The molecule has 7 heteroatoms. The highest BCUT2D eigenvalue weighted by Gasteiger charge is 2.60. The average Bonchev–Trinajstić information content (AvgIpc) is 3.19. The molecule has 144 valence electrons. The second-order valence-electron chi connectivity index (χ2n) is 7.86. The fraction of sp³-hybridized carbons (Fsp3) is 0.429. The Morgan fingerprint density at radius 3 is 2.82 bits per heavy atom. The van der Waals surface area contributed by atoms with Crippen LogP contribution in [0.1, 0.15) is 42.6 Å². The number of hydrogen-bond acceptors (Lipinski definition) is 5. The molecule has 5 atom stereocenters. The quantitative estimate of drug-likeness (QED) is 0.849. The number of nitrogens with zero attached hydrogens (tertiary/aromatic N) is 2. The molecule has 4 rings (SSSR count). The van der Waals surface area contributed by atoms with E-state index in [1.54, 1.807) is 13.1 Å². The van der Waals surface area contributed by atoms with Crippen molar-refractivity contribution in [1.82, 2.24) is 10.2 Å². The monoisotopic (exact) mass is 380 g/mol. The van der Waals surface area contributed by atoms with Crippen LogP contribution in [0, 0.1) is 34.9 Å². The van der Waals surface area contributed by atoms with E-state index in [1.807, 2.05) is 0 Å². The highest BCUT2D eigenvalue weighted by molar-refractivity contribution is 5.99. The fourth-order valence-electron chi connectivity index (χ4n) is 5.11. The van der Waals surface area contributed by atoms with E-state index in [0.29, 0.717) is 24.1 Å². The van der Waals surface area contributed by atoms with Crippen molar-refractivity contribution in [1.29, 1.82) is 5.26 Å². The second-order valence-corrected chi connectivity index (χ2v) is 7.86. The lowest BCUT2D eigenvalue weighted by atomic mass is 9.51. The first-order chi connectivity index (χ1) is 13.4. The summed E-state index contributed by atoms with van der Waals surface area (Å²) in [6.07, 6.45) is 3.17. The number of carbonyl (C=O) groups is 2. The summed E-state index contributed by atoms with van der Waals surface area (Å²) in [7, 11) is 0. The van der Waals surface area contributed by atoms with Gasteiger partial charge in [-0.15, -0.1) is 0 Å². The molecule has 0 amide bonds. The van der Waals surface area contributed by atoms with Gasteiger partial charge in [-0.25, -0.2) is 4.39 Å². The Morgan fingerprint density at radius 2 is 2.14 bits per heavy atom. The van der Waals surface area contributed by atoms with Crippen molar-refractivity contribution in [3.8, 4) is 6.07 Å². The van der Waals surface area contributed by atoms with E-state index in [9.17, 15) is 19.2 Å². The lowest BCUT2D eigenvalue weighted by Gasteiger charge is -2.50. The zero-order chi connectivity index (χ0) is 20.1. The number of halogens is 1. The zero-order valence-electron chi connectivity index (χ0n) is 15.5. The number of nitrogens with one attached hydrogen (secondary N) is 1. The summed E-state index contributed by atoms with van der Waals surface area (Å²) in [5, 5.41) is 16.7. The van der Waals surface area contributed by atoms with Crippen molar-refractivity contribution in [2.75, 3.05) is 0 Å². The van der Waals surface area contributed by atoms with E-state index < -0.39 is 29.1 Å². The fourth-order valence-corrected chi connectivity index (χ4v) is 5.11. The summed E-state index contributed by atoms with van der Waals surface area (Å²) in [5.41, 5.74) is 7.36. The topological polar surface area (TPSA) is 113 Å². The van der Waals surface area contributed by atoms with Gasteiger partial charge in [0.15, 0.2) is 11.6 Å². The van der Waals surface area contributed by atoms with E-state index in [0.717, 1.165) is 5.56 Å². The van der Waals surface area contributed by atoms with Gasteiger partial charge in [0.2, 0.25) is 0 Å². The van der Waals surface area contributed by atoms with Crippen molar-refractivity contribution in [2.24, 2.45) is 23.5 Å². The standard InChI is InChI=1S/C21H21FN4O2/c1-11-16-7-4-13-10-25-26-19(13)21(16,8-14(9-23)18(11)27)20(28)17(24)12-2-5-15(22)6-3-12/h2-3,5-6,10-11,14,16-17H,4,7-8,24H2,1H3,(H,25,26)/t11-,14?,16-,17?,21+/m0/s1. The van der Waals surface area contributed by atoms with E-state index in [1.165, 1.54) is 24.3 Å². The first kappa shape index (κ1) is 18.5. The number of carbonyl (C=O) groups excluding carboxylic acids is 2. The number of nitrogens with two attached hydrogens (primary N) is 1. The molecule has 6 nitrogen and oxygen atoms in total. The van der Waals surface area contributed by atoms with Crippen LogP contribution in [0.15, 0.2) is 30.5 Å². The number of rotatable bonds is 3. The van der Waals surface area contributed by atoms with Crippen LogP contribution in [-0.2, 0) is 21.4 Å². The lowest BCUT2D eigenvalue weighted by Crippen LogP contribution is -2.58. The first-order valence-electron chi connectivity index (χ1n) is 9.41. The Hall–Kier alpha value is -2.85. The highest BCUT2D eigenvalue weighted by atomic mass is 19.1. The second kappa shape index (κ2) is 6.64. The summed E-state index contributed by atoms with van der Waals surface area (Å²) in [6.45, 7) is 1.79. The third-order valence-electron chi connectivity index (χ3n) is 6.55. The molecule has 2 aromatic rings. The molecule has 0 spiro atoms. The van der Waals surface area contributed by atoms with Crippen molar-refractivity contribution >= 4 is 11.6 Å². The van der Waals surface area contributed by atoms with E-state index in [2.05, 4.69) is 16.3 Å². The summed E-state index contributed by atoms with van der Waals surface area (Å²) >= 11 is 0. The van der Waals surface area contributed by atoms with Crippen LogP contribution in [0.2, 0.25) is 0 Å². The SMILES string of the molecule is C[C@@H]1C(=O)C(C#N)C[C@]2(C(=O)C(N)c3ccc(F)cc3)c3[nH]ncc3CC[C@@H]12. The van der Waals surface area contributed by atoms with E-state index >= 15 is 0 Å². The van der Waals surface area contributed by atoms with Gasteiger partial charge in [-0.2, -0.15) is 10.4 Å². The van der Waals surface area contributed by atoms with Gasteiger partial charge in [0.25, 0.3) is 0 Å². The van der Waals surface area contributed by atoms with Crippen LogP contribution >= 0.6 is 0 Å². The molecule has 1 fully saturated rings. The Morgan fingerprint density at radius 1 is 1.43 bits per heavy atom. The lowest BCUT2D eigenvalue weighted by molar-refractivity contribution is -0.140. The molecule has 2 unspecified atom stereocenters. The third kappa shape index (κ3) is 2.52. The number of benzene rings is 1. The number of H-pyrrole nitrogens is 1.